The number of rotatable bonds is 7. The van der Waals surface area contributed by atoms with Gasteiger partial charge in [0.1, 0.15) is 6.73 Å². The van der Waals surface area contributed by atoms with Crippen LogP contribution in [0.4, 0.5) is 5.95 Å². The van der Waals surface area contributed by atoms with Crippen LogP contribution in [0, 0.1) is 0 Å². The molecular formula is C8H13N6O5PS. The van der Waals surface area contributed by atoms with Crippen LogP contribution in [0.1, 0.15) is 0 Å². The van der Waals surface area contributed by atoms with Crippen LogP contribution in [-0.2, 0) is 20.6 Å². The summed E-state index contributed by atoms with van der Waals surface area (Å²) in [5.41, 5.74) is 5.43. The van der Waals surface area contributed by atoms with Crippen LogP contribution in [0.25, 0.3) is 11.2 Å². The highest BCUT2D eigenvalue weighted by Gasteiger charge is 2.15. The molecule has 2 aromatic rings. The lowest BCUT2D eigenvalue weighted by Gasteiger charge is -2.10. The molecule has 0 aromatic carbocycles. The summed E-state index contributed by atoms with van der Waals surface area (Å²) in [6.45, 7) is -0.0533. The number of nitrogen functional groups attached to an aromatic ring is 1. The van der Waals surface area contributed by atoms with E-state index in [0.717, 1.165) is 0 Å². The van der Waals surface area contributed by atoms with Crippen molar-refractivity contribution in [2.75, 3.05) is 18.9 Å². The Bertz CT molecular complexity index is 732. The molecule has 0 aliphatic carbocycles. The fourth-order valence-corrected chi connectivity index (χ4v) is 2.03. The lowest BCUT2D eigenvalue weighted by Crippen LogP contribution is -2.13. The van der Waals surface area contributed by atoms with E-state index >= 15 is 0 Å². The summed E-state index contributed by atoms with van der Waals surface area (Å²) in [5.74, 6) is -0.0290. The minimum atomic E-state index is -3.89. The molecule has 2 aromatic heterocycles. The van der Waals surface area contributed by atoms with Crippen LogP contribution in [0.15, 0.2) is 11.1 Å². The predicted octanol–water partition coefficient (Wildman–Crippen LogP) is -0.773. The van der Waals surface area contributed by atoms with Crippen molar-refractivity contribution in [3.05, 3.63) is 16.7 Å². The maximum absolute atomic E-state index is 11.5. The summed E-state index contributed by atoms with van der Waals surface area (Å²) in [5, 5.41) is 0. The molecule has 0 saturated heterocycles. The number of imidazole rings is 1. The van der Waals surface area contributed by atoms with Crippen LogP contribution >= 0.6 is 20.6 Å². The van der Waals surface area contributed by atoms with Crippen molar-refractivity contribution in [3.8, 4) is 0 Å². The number of ether oxygens (including phenoxy) is 1. The third-order valence-electron chi connectivity index (χ3n) is 2.34. The molecule has 0 radical (unpaired) electrons. The van der Waals surface area contributed by atoms with Gasteiger partial charge in [-0.25, -0.2) is 9.55 Å². The number of fused-ring (bicyclic) bond motifs is 1. The van der Waals surface area contributed by atoms with E-state index in [0.29, 0.717) is 0 Å². The predicted molar refractivity (Wildman–Crippen MR) is 76.4 cm³/mol. The Hall–Kier alpha value is -1.43. The smallest absolute Gasteiger partial charge is 0.369 e. The molecule has 5 N–H and O–H groups in total. The Morgan fingerprint density at radius 3 is 3.05 bits per heavy atom. The molecule has 116 valence electrons. The monoisotopic (exact) mass is 336 g/mol. The SMILES string of the molecule is Nc1nc2c(ncn2COCCOP(=O)(O)NS)c(=O)[nH]1. The quantitative estimate of drug-likeness (QED) is 0.249. The molecule has 13 heteroatoms. The highest BCUT2D eigenvalue weighted by molar-refractivity contribution is 7.85. The van der Waals surface area contributed by atoms with Crippen LogP contribution in [0.5, 0.6) is 0 Å². The number of nitrogens with zero attached hydrogens (tertiary/aromatic N) is 3. The highest BCUT2D eigenvalue weighted by atomic mass is 32.1. The lowest BCUT2D eigenvalue weighted by molar-refractivity contribution is 0.0527. The first-order valence-corrected chi connectivity index (χ1v) is 7.62. The number of hydrogen-bond donors (Lipinski definition) is 5. The number of nitrogens with two attached hydrogens (primary N) is 1. The fourth-order valence-electron chi connectivity index (χ4n) is 1.48. The van der Waals surface area contributed by atoms with Crippen LogP contribution < -0.4 is 15.8 Å². The second-order valence-electron chi connectivity index (χ2n) is 3.83. The first kappa shape index (κ1) is 15.9. The standard InChI is InChI=1S/C8H13N6O5PS/c9-8-11-6-5(7(15)12-8)10-3-14(6)4-18-1-2-19-20(16,17)13-21/h3,21H,1-2,4H2,(H2,13,16,17)(H3,9,11,12,15). The Morgan fingerprint density at radius 2 is 2.33 bits per heavy atom. The minimum Gasteiger partial charge on any atom is -0.369 e. The van der Waals surface area contributed by atoms with E-state index in [1.54, 1.807) is 0 Å². The van der Waals surface area contributed by atoms with Crippen LogP contribution in [0.3, 0.4) is 0 Å². The molecule has 0 aliphatic rings. The van der Waals surface area contributed by atoms with E-state index in [9.17, 15) is 9.36 Å². The molecule has 0 bridgehead atoms. The zero-order chi connectivity index (χ0) is 15.5. The van der Waals surface area contributed by atoms with Gasteiger partial charge in [0, 0.05) is 0 Å². The third kappa shape index (κ3) is 4.03. The Morgan fingerprint density at radius 1 is 1.57 bits per heavy atom. The van der Waals surface area contributed by atoms with Gasteiger partial charge >= 0.3 is 7.75 Å². The van der Waals surface area contributed by atoms with Crippen LogP contribution in [-0.4, -0.2) is 37.6 Å². The zero-order valence-electron chi connectivity index (χ0n) is 10.6. The summed E-state index contributed by atoms with van der Waals surface area (Å²) < 4.78 is 24.2. The summed E-state index contributed by atoms with van der Waals surface area (Å²) in [7, 11) is -3.89. The van der Waals surface area contributed by atoms with Crippen molar-refractivity contribution >= 4 is 37.7 Å². The molecule has 2 rings (SSSR count). The van der Waals surface area contributed by atoms with Crippen molar-refractivity contribution in [1.82, 2.24) is 24.0 Å². The van der Waals surface area contributed by atoms with E-state index in [1.807, 2.05) is 4.49 Å². The lowest BCUT2D eigenvalue weighted by atomic mass is 10.5. The number of thiol groups is 1. The average molecular weight is 336 g/mol. The second kappa shape index (κ2) is 6.56. The summed E-state index contributed by atoms with van der Waals surface area (Å²) in [6.07, 6.45) is 1.37. The maximum atomic E-state index is 11.5. The van der Waals surface area contributed by atoms with Crippen LogP contribution in [0.2, 0.25) is 0 Å². The topological polar surface area (TPSA) is 157 Å². The van der Waals surface area contributed by atoms with Gasteiger partial charge in [-0.2, -0.15) is 9.48 Å². The van der Waals surface area contributed by atoms with Gasteiger partial charge in [0.05, 0.1) is 19.5 Å². The van der Waals surface area contributed by atoms with Gasteiger partial charge in [-0.1, -0.05) is 12.8 Å². The molecule has 0 fully saturated rings. The van der Waals surface area contributed by atoms with Gasteiger partial charge in [0.15, 0.2) is 11.2 Å². The number of H-pyrrole nitrogens is 1. The minimum absolute atomic E-state index is 0.0276. The zero-order valence-corrected chi connectivity index (χ0v) is 12.4. The van der Waals surface area contributed by atoms with Gasteiger partial charge in [0.2, 0.25) is 5.95 Å². The number of hydrogen-bond acceptors (Lipinski definition) is 8. The molecular weight excluding hydrogens is 323 g/mol. The molecule has 21 heavy (non-hydrogen) atoms. The van der Waals surface area contributed by atoms with E-state index in [4.69, 9.17) is 15.4 Å². The molecule has 2 heterocycles. The Kier molecular flexibility index (Phi) is 4.98. The Labute approximate surface area is 123 Å². The second-order valence-corrected chi connectivity index (χ2v) is 5.93. The van der Waals surface area contributed by atoms with E-state index in [2.05, 4.69) is 32.3 Å². The van der Waals surface area contributed by atoms with E-state index in [-0.39, 0.29) is 37.1 Å². The van der Waals surface area contributed by atoms with Gasteiger partial charge in [0.25, 0.3) is 5.56 Å². The van der Waals surface area contributed by atoms with Gasteiger partial charge in [-0.3, -0.25) is 18.9 Å². The van der Waals surface area contributed by atoms with Crippen molar-refractivity contribution in [1.29, 1.82) is 0 Å². The average Bonchev–Trinajstić information content (AvgIpc) is 2.82. The molecule has 0 amide bonds. The molecule has 0 spiro atoms. The molecule has 0 saturated carbocycles. The van der Waals surface area contributed by atoms with E-state index in [1.165, 1.54) is 10.9 Å². The molecule has 11 nitrogen and oxygen atoms in total. The summed E-state index contributed by atoms with van der Waals surface area (Å²) in [6, 6.07) is 0. The van der Waals surface area contributed by atoms with Crippen molar-refractivity contribution in [2.45, 2.75) is 6.73 Å². The third-order valence-corrected chi connectivity index (χ3v) is 3.89. The first-order chi connectivity index (χ1) is 9.93. The van der Waals surface area contributed by atoms with Crippen molar-refractivity contribution in [2.24, 2.45) is 0 Å². The fraction of sp³-hybridized carbons (Fsp3) is 0.375. The number of aromatic amines is 1. The molecule has 1 atom stereocenters. The maximum Gasteiger partial charge on any atom is 0.412 e. The summed E-state index contributed by atoms with van der Waals surface area (Å²) >= 11 is 3.44. The molecule has 0 aliphatic heterocycles. The molecule has 1 unspecified atom stereocenters. The number of aromatic nitrogens is 4. The van der Waals surface area contributed by atoms with E-state index < -0.39 is 13.3 Å². The van der Waals surface area contributed by atoms with Gasteiger partial charge in [-0.05, 0) is 0 Å². The Balaban J connectivity index is 1.93. The largest absolute Gasteiger partial charge is 0.412 e. The first-order valence-electron chi connectivity index (χ1n) is 5.60. The summed E-state index contributed by atoms with van der Waals surface area (Å²) in [4.78, 5) is 30.7. The van der Waals surface area contributed by atoms with Gasteiger partial charge < -0.3 is 15.4 Å². The van der Waals surface area contributed by atoms with Crippen molar-refractivity contribution in [3.63, 3.8) is 0 Å². The van der Waals surface area contributed by atoms with Crippen molar-refractivity contribution < 1.29 is 18.7 Å². The highest BCUT2D eigenvalue weighted by Crippen LogP contribution is 2.36. The van der Waals surface area contributed by atoms with Gasteiger partial charge in [-0.15, -0.1) is 0 Å². The number of anilines is 1. The number of nitrogens with one attached hydrogen (secondary N) is 2. The normalized spacial score (nSPS) is 14.4.